The second-order valence-corrected chi connectivity index (χ2v) is 3.75. The van der Waals surface area contributed by atoms with E-state index in [1.165, 1.54) is 0 Å². The Morgan fingerprint density at radius 2 is 2.24 bits per heavy atom. The lowest BCUT2D eigenvalue weighted by molar-refractivity contribution is -0.483. The number of nitrogens with zero attached hydrogens (tertiary/aromatic N) is 3. The van der Waals surface area contributed by atoms with E-state index in [-0.39, 0.29) is 11.5 Å². The van der Waals surface area contributed by atoms with Gasteiger partial charge in [-0.3, -0.25) is 10.7 Å². The maximum atomic E-state index is 11.7. The summed E-state index contributed by atoms with van der Waals surface area (Å²) in [5.41, 5.74) is 3.17. The third-order valence-electron chi connectivity index (χ3n) is 2.61. The molecule has 0 saturated carbocycles. The first-order chi connectivity index (χ1) is 7.88. The average molecular weight is 240 g/mol. The molecule has 0 unspecified atom stereocenters. The van der Waals surface area contributed by atoms with Crippen LogP contribution in [0.5, 0.6) is 0 Å². The summed E-state index contributed by atoms with van der Waals surface area (Å²) in [4.78, 5) is 4.02. The molecular weight excluding hydrogens is 224 g/mol. The van der Waals surface area contributed by atoms with Crippen LogP contribution in [0.3, 0.4) is 0 Å². The molecule has 0 aliphatic carbocycles. The number of hydrogen-bond donors (Lipinski definition) is 3. The first kappa shape index (κ1) is 13.0. The Kier molecular flexibility index (Phi) is 3.74. The highest BCUT2D eigenvalue weighted by molar-refractivity contribution is 5.70. The Labute approximate surface area is 98.8 Å². The Morgan fingerprint density at radius 3 is 2.65 bits per heavy atom. The molecule has 0 aliphatic heterocycles. The molecule has 0 fully saturated rings. The summed E-state index contributed by atoms with van der Waals surface area (Å²) in [5, 5.41) is 29.9. The monoisotopic (exact) mass is 240 g/mol. The number of imidazole rings is 1. The van der Waals surface area contributed by atoms with Crippen LogP contribution in [0.4, 0.5) is 0 Å². The van der Waals surface area contributed by atoms with Gasteiger partial charge in [-0.2, -0.15) is 9.47 Å². The first-order valence-corrected chi connectivity index (χ1v) is 5.03. The second-order valence-electron chi connectivity index (χ2n) is 3.75. The highest BCUT2D eigenvalue weighted by Crippen LogP contribution is 2.06. The van der Waals surface area contributed by atoms with Gasteiger partial charge >= 0.3 is 0 Å². The van der Waals surface area contributed by atoms with Crippen molar-refractivity contribution in [3.63, 3.8) is 0 Å². The Balaban J connectivity index is 3.02. The van der Waals surface area contributed by atoms with E-state index in [4.69, 9.17) is 5.21 Å². The highest BCUT2D eigenvalue weighted by Gasteiger charge is 2.16. The van der Waals surface area contributed by atoms with Gasteiger partial charge in [-0.1, -0.05) is 6.58 Å². The van der Waals surface area contributed by atoms with Crippen LogP contribution in [-0.2, 0) is 0 Å². The SMILES string of the molecule is C=C(NO)[C@H](C)/[N+]([O-])=C/c1nc(C)c(C)n1O. The normalized spacial score (nSPS) is 13.5. The molecule has 0 aliphatic rings. The summed E-state index contributed by atoms with van der Waals surface area (Å²) in [6.45, 7) is 8.44. The number of nitrogens with one attached hydrogen (secondary N) is 1. The van der Waals surface area contributed by atoms with Gasteiger partial charge in [0.1, 0.15) is 0 Å². The lowest BCUT2D eigenvalue weighted by atomic mass is 10.3. The van der Waals surface area contributed by atoms with Crippen LogP contribution in [0.25, 0.3) is 0 Å². The van der Waals surface area contributed by atoms with Gasteiger partial charge in [0.05, 0.1) is 17.1 Å². The topological polar surface area (TPSA) is 96.4 Å². The standard InChI is InChI=1S/C10H16N4O3/c1-6-9(4)14(17)10(11-6)5-13(16)8(3)7(2)12-15/h5,8,12,15,17H,2H2,1,3-4H3/b13-5-/t8-/m0/s1. The molecule has 0 aromatic carbocycles. The van der Waals surface area contributed by atoms with Gasteiger partial charge in [0.15, 0.2) is 0 Å². The van der Waals surface area contributed by atoms with Gasteiger partial charge < -0.3 is 10.4 Å². The molecular formula is C10H16N4O3. The molecule has 1 atom stereocenters. The minimum absolute atomic E-state index is 0.132. The van der Waals surface area contributed by atoms with E-state index in [1.54, 1.807) is 20.8 Å². The third kappa shape index (κ3) is 2.56. The molecule has 1 aromatic rings. The van der Waals surface area contributed by atoms with Crippen molar-refractivity contribution < 1.29 is 15.2 Å². The first-order valence-electron chi connectivity index (χ1n) is 5.03. The van der Waals surface area contributed by atoms with E-state index >= 15 is 0 Å². The van der Waals surface area contributed by atoms with E-state index in [1.807, 2.05) is 5.48 Å². The molecule has 7 nitrogen and oxygen atoms in total. The number of hydrogen-bond acceptors (Lipinski definition) is 5. The predicted molar refractivity (Wildman–Crippen MR) is 61.2 cm³/mol. The molecule has 0 radical (unpaired) electrons. The Bertz CT molecular complexity index is 464. The molecule has 0 bridgehead atoms. The molecule has 94 valence electrons. The number of aromatic nitrogens is 2. The summed E-state index contributed by atoms with van der Waals surface area (Å²) in [7, 11) is 0. The average Bonchev–Trinajstić information content (AvgIpc) is 2.55. The van der Waals surface area contributed by atoms with Crippen molar-refractivity contribution in [3.8, 4) is 0 Å². The van der Waals surface area contributed by atoms with Crippen LogP contribution in [0.1, 0.15) is 24.1 Å². The fraction of sp³-hybridized carbons (Fsp3) is 0.400. The minimum atomic E-state index is -0.683. The van der Waals surface area contributed by atoms with Gasteiger partial charge in [-0.15, -0.1) is 0 Å². The van der Waals surface area contributed by atoms with E-state index in [9.17, 15) is 10.4 Å². The van der Waals surface area contributed by atoms with Crippen molar-refractivity contribution in [1.82, 2.24) is 15.2 Å². The molecule has 1 rings (SSSR count). The fourth-order valence-electron chi connectivity index (χ4n) is 1.18. The quantitative estimate of drug-likeness (QED) is 0.235. The van der Waals surface area contributed by atoms with Gasteiger partial charge in [-0.25, -0.2) is 4.98 Å². The Hall–Kier alpha value is -2.02. The molecule has 1 heterocycles. The largest absolute Gasteiger partial charge is 0.623 e. The van der Waals surface area contributed by atoms with Crippen molar-refractivity contribution in [3.05, 3.63) is 34.7 Å². The van der Waals surface area contributed by atoms with Gasteiger partial charge in [-0.05, 0) is 13.8 Å². The third-order valence-corrected chi connectivity index (χ3v) is 2.61. The number of rotatable bonds is 4. The summed E-state index contributed by atoms with van der Waals surface area (Å²) in [5.74, 6) is 0.132. The maximum absolute atomic E-state index is 11.7. The summed E-state index contributed by atoms with van der Waals surface area (Å²) in [6.07, 6.45) is 1.13. The van der Waals surface area contributed by atoms with Crippen LogP contribution in [0.15, 0.2) is 12.3 Å². The zero-order valence-corrected chi connectivity index (χ0v) is 10.0. The van der Waals surface area contributed by atoms with Crippen LogP contribution in [0.2, 0.25) is 0 Å². The van der Waals surface area contributed by atoms with Crippen molar-refractivity contribution in [2.75, 3.05) is 0 Å². The van der Waals surface area contributed by atoms with E-state index in [0.29, 0.717) is 16.1 Å². The Morgan fingerprint density at radius 1 is 1.65 bits per heavy atom. The van der Waals surface area contributed by atoms with Gasteiger partial charge in [0, 0.05) is 6.92 Å². The van der Waals surface area contributed by atoms with Crippen molar-refractivity contribution >= 4 is 6.21 Å². The molecule has 0 amide bonds. The van der Waals surface area contributed by atoms with Gasteiger partial charge in [0.25, 0.3) is 0 Å². The highest BCUT2D eigenvalue weighted by atomic mass is 16.5. The van der Waals surface area contributed by atoms with Crippen LogP contribution >= 0.6 is 0 Å². The molecule has 1 aromatic heterocycles. The van der Waals surface area contributed by atoms with Crippen LogP contribution in [0, 0.1) is 19.1 Å². The van der Waals surface area contributed by atoms with Crippen LogP contribution < -0.4 is 5.48 Å². The maximum Gasteiger partial charge on any atom is 0.233 e. The van der Waals surface area contributed by atoms with Crippen molar-refractivity contribution in [1.29, 1.82) is 0 Å². The summed E-state index contributed by atoms with van der Waals surface area (Å²) >= 11 is 0. The zero-order chi connectivity index (χ0) is 13.2. The number of aryl methyl sites for hydroxylation is 1. The number of hydroxylamine groups is 2. The van der Waals surface area contributed by atoms with Crippen molar-refractivity contribution in [2.24, 2.45) is 0 Å². The molecule has 0 saturated heterocycles. The van der Waals surface area contributed by atoms with E-state index in [0.717, 1.165) is 10.9 Å². The van der Waals surface area contributed by atoms with Crippen molar-refractivity contribution in [2.45, 2.75) is 26.8 Å². The lowest BCUT2D eigenvalue weighted by Crippen LogP contribution is -2.28. The zero-order valence-electron chi connectivity index (χ0n) is 10.0. The lowest BCUT2D eigenvalue weighted by Gasteiger charge is -2.13. The second kappa shape index (κ2) is 4.88. The van der Waals surface area contributed by atoms with E-state index in [2.05, 4.69) is 11.6 Å². The van der Waals surface area contributed by atoms with Gasteiger partial charge in [0.2, 0.25) is 18.1 Å². The molecule has 17 heavy (non-hydrogen) atoms. The summed E-state index contributed by atoms with van der Waals surface area (Å²) < 4.78 is 1.38. The molecule has 3 N–H and O–H groups in total. The molecule has 0 spiro atoms. The molecule has 7 heteroatoms. The smallest absolute Gasteiger partial charge is 0.233 e. The fourth-order valence-corrected chi connectivity index (χ4v) is 1.18. The minimum Gasteiger partial charge on any atom is -0.623 e. The van der Waals surface area contributed by atoms with E-state index < -0.39 is 6.04 Å². The predicted octanol–water partition coefficient (Wildman–Crippen LogP) is 0.547. The summed E-state index contributed by atoms with van der Waals surface area (Å²) in [6, 6.07) is -0.683. The van der Waals surface area contributed by atoms with Crippen LogP contribution in [-0.4, -0.2) is 37.1 Å².